The lowest BCUT2D eigenvalue weighted by atomic mass is 9.66. The minimum atomic E-state index is -0.123. The molecule has 0 aromatic heterocycles. The van der Waals surface area contributed by atoms with Crippen molar-refractivity contribution in [1.29, 1.82) is 0 Å². The SMILES string of the molecule is CC1(C)C2CC(OCCl)CCC2C2CCC(C(=O)Cl)CC21. The van der Waals surface area contributed by atoms with Crippen LogP contribution in [0.1, 0.15) is 52.4 Å². The summed E-state index contributed by atoms with van der Waals surface area (Å²) in [7, 11) is 0. The Morgan fingerprint density at radius 2 is 1.71 bits per heavy atom. The van der Waals surface area contributed by atoms with E-state index in [4.69, 9.17) is 27.9 Å². The molecule has 6 unspecified atom stereocenters. The molecule has 120 valence electrons. The Morgan fingerprint density at radius 3 is 2.33 bits per heavy atom. The summed E-state index contributed by atoms with van der Waals surface area (Å²) in [5, 5.41) is -0.123. The first-order valence-electron chi connectivity index (χ1n) is 8.32. The largest absolute Gasteiger partial charge is 0.362 e. The highest BCUT2D eigenvalue weighted by Crippen LogP contribution is 2.63. The molecule has 0 spiro atoms. The smallest absolute Gasteiger partial charge is 0.224 e. The lowest BCUT2D eigenvalue weighted by Gasteiger charge is -2.40. The minimum Gasteiger partial charge on any atom is -0.362 e. The van der Waals surface area contributed by atoms with E-state index in [0.717, 1.165) is 37.5 Å². The van der Waals surface area contributed by atoms with Crippen LogP contribution in [0.2, 0.25) is 0 Å². The summed E-state index contributed by atoms with van der Waals surface area (Å²) in [5.74, 6) is 3.03. The number of carbonyl (C=O) groups is 1. The molecule has 0 aromatic carbocycles. The van der Waals surface area contributed by atoms with E-state index in [1.54, 1.807) is 0 Å². The predicted molar refractivity (Wildman–Crippen MR) is 85.4 cm³/mol. The summed E-state index contributed by atoms with van der Waals surface area (Å²) < 4.78 is 5.69. The number of hydrogen-bond donors (Lipinski definition) is 0. The van der Waals surface area contributed by atoms with Gasteiger partial charge in [0.1, 0.15) is 6.07 Å². The van der Waals surface area contributed by atoms with E-state index in [1.807, 2.05) is 0 Å². The molecule has 0 aromatic rings. The van der Waals surface area contributed by atoms with Crippen LogP contribution < -0.4 is 0 Å². The molecule has 3 rings (SSSR count). The van der Waals surface area contributed by atoms with Crippen LogP contribution in [0.4, 0.5) is 0 Å². The number of halogens is 2. The van der Waals surface area contributed by atoms with E-state index in [-0.39, 0.29) is 16.6 Å². The van der Waals surface area contributed by atoms with E-state index >= 15 is 0 Å². The molecule has 0 heterocycles. The average molecular weight is 333 g/mol. The standard InChI is InChI=1S/C17H26Cl2O2/c1-17(2)14-7-10(16(19)20)3-5-12(14)13-6-4-11(21-9-18)8-15(13)17/h10-15H,3-9H2,1-2H3. The molecule has 2 nitrogen and oxygen atoms in total. The first kappa shape index (κ1) is 16.1. The molecule has 0 radical (unpaired) electrons. The molecular formula is C17H26Cl2O2. The summed E-state index contributed by atoms with van der Waals surface area (Å²) in [6, 6.07) is 0.304. The van der Waals surface area contributed by atoms with Crippen LogP contribution in [-0.2, 0) is 9.53 Å². The number of alkyl halides is 1. The molecular weight excluding hydrogens is 307 g/mol. The van der Waals surface area contributed by atoms with Crippen molar-refractivity contribution in [2.45, 2.75) is 58.5 Å². The fraction of sp³-hybridized carbons (Fsp3) is 0.941. The van der Waals surface area contributed by atoms with E-state index in [2.05, 4.69) is 13.8 Å². The van der Waals surface area contributed by atoms with Gasteiger partial charge in [-0.05, 0) is 79.2 Å². The molecule has 3 fully saturated rings. The van der Waals surface area contributed by atoms with Crippen LogP contribution in [-0.4, -0.2) is 17.4 Å². The monoisotopic (exact) mass is 332 g/mol. The fourth-order valence-corrected chi connectivity index (χ4v) is 6.18. The zero-order valence-electron chi connectivity index (χ0n) is 13.0. The quantitative estimate of drug-likeness (QED) is 0.547. The Balaban J connectivity index is 1.78. The van der Waals surface area contributed by atoms with Gasteiger partial charge in [-0.25, -0.2) is 0 Å². The second-order valence-electron chi connectivity index (χ2n) is 7.89. The molecule has 3 aliphatic carbocycles. The number of fused-ring (bicyclic) bond motifs is 3. The van der Waals surface area contributed by atoms with E-state index in [9.17, 15) is 4.79 Å². The fourth-order valence-electron chi connectivity index (χ4n) is 5.81. The number of ether oxygens (including phenoxy) is 1. The summed E-state index contributed by atoms with van der Waals surface area (Å²) in [6.45, 7) is 4.80. The normalized spacial score (nSPS) is 45.0. The number of carbonyl (C=O) groups excluding carboxylic acids is 1. The van der Waals surface area contributed by atoms with Crippen LogP contribution >= 0.6 is 23.2 Å². The van der Waals surface area contributed by atoms with Gasteiger partial charge in [-0.1, -0.05) is 25.4 Å². The zero-order valence-corrected chi connectivity index (χ0v) is 14.5. The Hall–Kier alpha value is 0.210. The van der Waals surface area contributed by atoms with Crippen molar-refractivity contribution in [1.82, 2.24) is 0 Å². The third-order valence-corrected chi connectivity index (χ3v) is 7.27. The first-order valence-corrected chi connectivity index (χ1v) is 9.23. The lowest BCUT2D eigenvalue weighted by Crippen LogP contribution is -2.35. The minimum absolute atomic E-state index is 0.0854. The second kappa shape index (κ2) is 6.02. The highest BCUT2D eigenvalue weighted by Gasteiger charge is 2.57. The third kappa shape index (κ3) is 2.77. The number of hydrogen-bond acceptors (Lipinski definition) is 2. The Labute approximate surface area is 137 Å². The van der Waals surface area contributed by atoms with Crippen LogP contribution in [0.25, 0.3) is 0 Å². The van der Waals surface area contributed by atoms with Crippen molar-refractivity contribution in [2.24, 2.45) is 35.0 Å². The molecule has 3 aliphatic rings. The second-order valence-corrected chi connectivity index (χ2v) is 8.48. The molecule has 6 atom stereocenters. The van der Waals surface area contributed by atoms with Crippen LogP contribution in [0, 0.1) is 35.0 Å². The topological polar surface area (TPSA) is 26.3 Å². The first-order chi connectivity index (χ1) is 9.95. The maximum atomic E-state index is 11.6. The Kier molecular flexibility index (Phi) is 4.61. The van der Waals surface area contributed by atoms with Gasteiger partial charge in [0.05, 0.1) is 6.10 Å². The maximum absolute atomic E-state index is 11.6. The summed E-state index contributed by atoms with van der Waals surface area (Å²) in [6.07, 6.45) is 7.03. The summed E-state index contributed by atoms with van der Waals surface area (Å²) in [5.41, 5.74) is 0.286. The van der Waals surface area contributed by atoms with Crippen molar-refractivity contribution >= 4 is 28.4 Å². The maximum Gasteiger partial charge on any atom is 0.224 e. The van der Waals surface area contributed by atoms with E-state index < -0.39 is 0 Å². The van der Waals surface area contributed by atoms with Crippen molar-refractivity contribution < 1.29 is 9.53 Å². The summed E-state index contributed by atoms with van der Waals surface area (Å²) in [4.78, 5) is 11.6. The molecule has 0 N–H and O–H groups in total. The van der Waals surface area contributed by atoms with E-state index in [1.165, 1.54) is 12.8 Å². The van der Waals surface area contributed by atoms with Gasteiger partial charge >= 0.3 is 0 Å². The van der Waals surface area contributed by atoms with Crippen LogP contribution in [0.5, 0.6) is 0 Å². The van der Waals surface area contributed by atoms with Crippen LogP contribution in [0.3, 0.4) is 0 Å². The van der Waals surface area contributed by atoms with Gasteiger partial charge < -0.3 is 4.74 Å². The van der Waals surface area contributed by atoms with Gasteiger partial charge in [0.15, 0.2) is 0 Å². The highest BCUT2D eigenvalue weighted by molar-refractivity contribution is 6.63. The van der Waals surface area contributed by atoms with Gasteiger partial charge in [-0.2, -0.15) is 0 Å². The Morgan fingerprint density at radius 1 is 1.10 bits per heavy atom. The van der Waals surface area contributed by atoms with Crippen LogP contribution in [0.15, 0.2) is 0 Å². The Bertz CT molecular complexity index is 410. The van der Waals surface area contributed by atoms with E-state index in [0.29, 0.717) is 24.0 Å². The molecule has 3 saturated carbocycles. The molecule has 0 bridgehead atoms. The van der Waals surface area contributed by atoms with Crippen molar-refractivity contribution in [3.05, 3.63) is 0 Å². The van der Waals surface area contributed by atoms with Gasteiger partial charge in [0.25, 0.3) is 0 Å². The molecule has 0 saturated heterocycles. The highest BCUT2D eigenvalue weighted by atomic mass is 35.5. The molecule has 4 heteroatoms. The zero-order chi connectivity index (χ0) is 15.2. The van der Waals surface area contributed by atoms with Gasteiger partial charge in [-0.15, -0.1) is 0 Å². The molecule has 0 aliphatic heterocycles. The van der Waals surface area contributed by atoms with Gasteiger partial charge in [0.2, 0.25) is 5.24 Å². The number of rotatable bonds is 3. The van der Waals surface area contributed by atoms with Crippen molar-refractivity contribution in [3.63, 3.8) is 0 Å². The van der Waals surface area contributed by atoms with Gasteiger partial charge in [-0.3, -0.25) is 4.79 Å². The molecule has 21 heavy (non-hydrogen) atoms. The van der Waals surface area contributed by atoms with Crippen molar-refractivity contribution in [2.75, 3.05) is 6.07 Å². The summed E-state index contributed by atoms with van der Waals surface area (Å²) >= 11 is 11.5. The molecule has 0 amide bonds. The van der Waals surface area contributed by atoms with Crippen molar-refractivity contribution in [3.8, 4) is 0 Å². The predicted octanol–water partition coefficient (Wildman–Crippen LogP) is 4.82. The third-order valence-electron chi connectivity index (χ3n) is 6.84. The van der Waals surface area contributed by atoms with Gasteiger partial charge in [0, 0.05) is 5.92 Å². The average Bonchev–Trinajstić information content (AvgIpc) is 2.68. The lowest BCUT2D eigenvalue weighted by molar-refractivity contribution is -0.117.